The van der Waals surface area contributed by atoms with Crippen molar-refractivity contribution in [2.75, 3.05) is 13.1 Å². The molecule has 6 nitrogen and oxygen atoms in total. The van der Waals surface area contributed by atoms with Crippen LogP contribution in [0.3, 0.4) is 0 Å². The predicted octanol–water partition coefficient (Wildman–Crippen LogP) is 1.33. The van der Waals surface area contributed by atoms with Crippen LogP contribution in [-0.2, 0) is 0 Å². The lowest BCUT2D eigenvalue weighted by Gasteiger charge is -2.23. The molecule has 1 fully saturated rings. The summed E-state index contributed by atoms with van der Waals surface area (Å²) in [4.78, 5) is 10.5. The molecular weight excluding hydrogens is 208 g/mol. The second-order valence-electron chi connectivity index (χ2n) is 4.22. The number of hydrogen-bond acceptors (Lipinski definition) is 4. The Morgan fingerprint density at radius 1 is 1.56 bits per heavy atom. The van der Waals surface area contributed by atoms with Gasteiger partial charge in [-0.1, -0.05) is 0 Å². The van der Waals surface area contributed by atoms with Crippen molar-refractivity contribution in [1.82, 2.24) is 15.1 Å². The molecule has 0 aliphatic carbocycles. The molecule has 6 heteroatoms. The van der Waals surface area contributed by atoms with Gasteiger partial charge >= 0.3 is 5.69 Å². The van der Waals surface area contributed by atoms with Crippen molar-refractivity contribution in [1.29, 1.82) is 0 Å². The molecular formula is C10H16N4O2. The van der Waals surface area contributed by atoms with Crippen molar-refractivity contribution in [2.24, 2.45) is 0 Å². The Morgan fingerprint density at radius 2 is 2.31 bits per heavy atom. The summed E-state index contributed by atoms with van der Waals surface area (Å²) in [5.41, 5.74) is 1.33. The zero-order valence-electron chi connectivity index (χ0n) is 9.56. The van der Waals surface area contributed by atoms with E-state index in [0.717, 1.165) is 25.9 Å². The highest BCUT2D eigenvalue weighted by Gasteiger charge is 2.26. The van der Waals surface area contributed by atoms with Gasteiger partial charge in [-0.2, -0.15) is 5.10 Å². The number of piperidine rings is 1. The molecule has 1 saturated heterocycles. The first-order valence-corrected chi connectivity index (χ1v) is 5.52. The first-order chi connectivity index (χ1) is 7.61. The summed E-state index contributed by atoms with van der Waals surface area (Å²) in [6, 6.07) is 0.251. The van der Waals surface area contributed by atoms with Gasteiger partial charge in [0.2, 0.25) is 0 Å². The average Bonchev–Trinajstić information content (AvgIpc) is 2.55. The fourth-order valence-electron chi connectivity index (χ4n) is 2.32. The van der Waals surface area contributed by atoms with Crippen molar-refractivity contribution in [2.45, 2.75) is 32.7 Å². The van der Waals surface area contributed by atoms with Crippen LogP contribution in [0.2, 0.25) is 0 Å². The number of nitro groups is 1. The minimum Gasteiger partial charge on any atom is -0.315 e. The predicted molar refractivity (Wildman–Crippen MR) is 59.5 cm³/mol. The molecule has 0 bridgehead atoms. The maximum Gasteiger partial charge on any atom is 0.312 e. The molecule has 1 aromatic rings. The molecule has 1 unspecified atom stereocenters. The van der Waals surface area contributed by atoms with Gasteiger partial charge in [0.1, 0.15) is 11.4 Å². The van der Waals surface area contributed by atoms with Gasteiger partial charge in [0.25, 0.3) is 0 Å². The lowest BCUT2D eigenvalue weighted by Crippen LogP contribution is -2.32. The standard InChI is InChI=1S/C10H16N4O2/c1-7-10(14(15)16)8(2)13(12-7)9-4-3-5-11-6-9/h9,11H,3-6H2,1-2H3. The SMILES string of the molecule is Cc1nn(C2CCCNC2)c(C)c1[N+](=O)[O-]. The number of hydrogen-bond donors (Lipinski definition) is 1. The topological polar surface area (TPSA) is 73.0 Å². The zero-order valence-corrected chi connectivity index (χ0v) is 9.56. The highest BCUT2D eigenvalue weighted by atomic mass is 16.6. The van der Waals surface area contributed by atoms with Gasteiger partial charge in [-0.05, 0) is 33.2 Å². The van der Waals surface area contributed by atoms with Gasteiger partial charge in [0.15, 0.2) is 0 Å². The fraction of sp³-hybridized carbons (Fsp3) is 0.700. The Hall–Kier alpha value is -1.43. The number of aryl methyl sites for hydroxylation is 1. The van der Waals surface area contributed by atoms with E-state index >= 15 is 0 Å². The maximum absolute atomic E-state index is 10.9. The van der Waals surface area contributed by atoms with E-state index in [2.05, 4.69) is 10.4 Å². The van der Waals surface area contributed by atoms with Crippen molar-refractivity contribution >= 4 is 5.69 Å². The van der Waals surface area contributed by atoms with E-state index < -0.39 is 0 Å². The van der Waals surface area contributed by atoms with Crippen LogP contribution in [0.5, 0.6) is 0 Å². The summed E-state index contributed by atoms with van der Waals surface area (Å²) in [6.07, 6.45) is 2.13. The van der Waals surface area contributed by atoms with E-state index in [1.54, 1.807) is 18.5 Å². The molecule has 1 atom stereocenters. The molecule has 0 aromatic carbocycles. The number of rotatable bonds is 2. The van der Waals surface area contributed by atoms with Gasteiger partial charge in [-0.3, -0.25) is 14.8 Å². The summed E-state index contributed by atoms with van der Waals surface area (Å²) in [5.74, 6) is 0. The van der Waals surface area contributed by atoms with Gasteiger partial charge in [0.05, 0.1) is 11.0 Å². The summed E-state index contributed by atoms with van der Waals surface area (Å²) in [6.45, 7) is 5.33. The summed E-state index contributed by atoms with van der Waals surface area (Å²) in [7, 11) is 0. The Bertz CT molecular complexity index is 407. The van der Waals surface area contributed by atoms with Crippen LogP contribution < -0.4 is 5.32 Å². The quantitative estimate of drug-likeness (QED) is 0.607. The highest BCUT2D eigenvalue weighted by Crippen LogP contribution is 2.26. The van der Waals surface area contributed by atoms with Crippen LogP contribution in [-0.4, -0.2) is 27.8 Å². The molecule has 1 aliphatic rings. The molecule has 88 valence electrons. The van der Waals surface area contributed by atoms with E-state index in [4.69, 9.17) is 0 Å². The van der Waals surface area contributed by atoms with Crippen LogP contribution in [0.1, 0.15) is 30.3 Å². The molecule has 16 heavy (non-hydrogen) atoms. The third-order valence-corrected chi connectivity index (χ3v) is 3.09. The van der Waals surface area contributed by atoms with E-state index in [1.165, 1.54) is 0 Å². The van der Waals surface area contributed by atoms with E-state index in [0.29, 0.717) is 11.4 Å². The normalized spacial score (nSPS) is 21.0. The van der Waals surface area contributed by atoms with Crippen molar-refractivity contribution in [3.63, 3.8) is 0 Å². The third kappa shape index (κ3) is 1.80. The molecule has 0 radical (unpaired) electrons. The van der Waals surface area contributed by atoms with Crippen molar-refractivity contribution in [3.05, 3.63) is 21.5 Å². The smallest absolute Gasteiger partial charge is 0.312 e. The lowest BCUT2D eigenvalue weighted by molar-refractivity contribution is -0.386. The van der Waals surface area contributed by atoms with Gasteiger partial charge in [0, 0.05) is 6.54 Å². The molecule has 2 rings (SSSR count). The molecule has 1 N–H and O–H groups in total. The van der Waals surface area contributed by atoms with Crippen molar-refractivity contribution < 1.29 is 4.92 Å². The highest BCUT2D eigenvalue weighted by molar-refractivity contribution is 5.39. The van der Waals surface area contributed by atoms with Crippen LogP contribution in [0, 0.1) is 24.0 Å². The van der Waals surface area contributed by atoms with Crippen LogP contribution in [0.25, 0.3) is 0 Å². The Kier molecular flexibility index (Phi) is 2.91. The van der Waals surface area contributed by atoms with Gasteiger partial charge < -0.3 is 5.32 Å². The Morgan fingerprint density at radius 3 is 2.81 bits per heavy atom. The number of aromatic nitrogens is 2. The monoisotopic (exact) mass is 224 g/mol. The number of nitrogens with one attached hydrogen (secondary N) is 1. The average molecular weight is 224 g/mol. The van der Waals surface area contributed by atoms with Crippen LogP contribution in [0.4, 0.5) is 5.69 Å². The number of nitrogens with zero attached hydrogens (tertiary/aromatic N) is 3. The Balaban J connectivity index is 2.34. The van der Waals surface area contributed by atoms with Crippen LogP contribution >= 0.6 is 0 Å². The minimum atomic E-state index is -0.343. The van der Waals surface area contributed by atoms with Crippen LogP contribution in [0.15, 0.2) is 0 Å². The molecule has 0 saturated carbocycles. The van der Waals surface area contributed by atoms with E-state index in [9.17, 15) is 10.1 Å². The maximum atomic E-state index is 10.9. The van der Waals surface area contributed by atoms with Crippen molar-refractivity contribution in [3.8, 4) is 0 Å². The summed E-state index contributed by atoms with van der Waals surface area (Å²) < 4.78 is 1.81. The third-order valence-electron chi connectivity index (χ3n) is 3.09. The lowest BCUT2D eigenvalue weighted by atomic mass is 10.1. The second-order valence-corrected chi connectivity index (χ2v) is 4.22. The first kappa shape index (κ1) is 11.1. The second kappa shape index (κ2) is 4.21. The summed E-state index contributed by atoms with van der Waals surface area (Å²) >= 11 is 0. The Labute approximate surface area is 93.8 Å². The molecule has 2 heterocycles. The van der Waals surface area contributed by atoms with E-state index in [1.807, 2.05) is 0 Å². The molecule has 1 aromatic heterocycles. The molecule has 0 spiro atoms. The first-order valence-electron chi connectivity index (χ1n) is 5.52. The largest absolute Gasteiger partial charge is 0.315 e. The van der Waals surface area contributed by atoms with Gasteiger partial charge in [-0.15, -0.1) is 0 Å². The molecule has 0 amide bonds. The molecule has 1 aliphatic heterocycles. The van der Waals surface area contributed by atoms with E-state index in [-0.39, 0.29) is 16.7 Å². The fourth-order valence-corrected chi connectivity index (χ4v) is 2.32. The zero-order chi connectivity index (χ0) is 11.7. The minimum absolute atomic E-state index is 0.158. The van der Waals surface area contributed by atoms with Gasteiger partial charge in [-0.25, -0.2) is 0 Å². The summed E-state index contributed by atoms with van der Waals surface area (Å²) in [5, 5.41) is 18.5.